The van der Waals surface area contributed by atoms with E-state index in [-0.39, 0.29) is 38.5 Å². The summed E-state index contributed by atoms with van der Waals surface area (Å²) in [6.07, 6.45) is 2.38. The first-order valence-electron chi connectivity index (χ1n) is 10.9. The number of sulfone groups is 1. The molecule has 8 nitrogen and oxygen atoms in total. The largest absolute Gasteiger partial charge is 0.381 e. The minimum absolute atomic E-state index is 0.0115. The van der Waals surface area contributed by atoms with Gasteiger partial charge in [-0.1, -0.05) is 17.4 Å². The molecule has 0 bridgehead atoms. The molecule has 35 heavy (non-hydrogen) atoms. The Balaban J connectivity index is 1.84. The highest BCUT2D eigenvalue weighted by atomic mass is 32.2. The van der Waals surface area contributed by atoms with E-state index in [1.807, 2.05) is 0 Å². The predicted octanol–water partition coefficient (Wildman–Crippen LogP) is 3.79. The summed E-state index contributed by atoms with van der Waals surface area (Å²) >= 11 is 0.614. The molecule has 1 atom stereocenters. The lowest BCUT2D eigenvalue weighted by Crippen LogP contribution is -2.32. The van der Waals surface area contributed by atoms with Gasteiger partial charge in [-0.2, -0.15) is 4.39 Å². The number of nitrogens with zero attached hydrogens (tertiary/aromatic N) is 1. The molecule has 1 aliphatic heterocycles. The first-order valence-corrected chi connectivity index (χ1v) is 13.2. The second-order valence-electron chi connectivity index (χ2n) is 8.32. The van der Waals surface area contributed by atoms with Crippen LogP contribution in [-0.4, -0.2) is 37.5 Å². The molecule has 0 saturated carbocycles. The van der Waals surface area contributed by atoms with E-state index in [2.05, 4.69) is 15.3 Å². The number of pyridine rings is 1. The number of carbonyl (C=O) groups excluding carboxylic acids is 1. The number of nitrogens with one attached hydrogen (secondary N) is 2. The van der Waals surface area contributed by atoms with Crippen LogP contribution in [0.25, 0.3) is 0 Å². The van der Waals surface area contributed by atoms with Gasteiger partial charge >= 0.3 is 0 Å². The minimum atomic E-state index is -4.36. The third kappa shape index (κ3) is 5.65. The van der Waals surface area contributed by atoms with Gasteiger partial charge in [-0.3, -0.25) is 9.59 Å². The molecule has 2 aromatic heterocycles. The number of H-pyrrole nitrogens is 1. The van der Waals surface area contributed by atoms with Crippen molar-refractivity contribution in [1.82, 2.24) is 9.97 Å². The number of ether oxygens (including phenoxy) is 1. The Morgan fingerprint density at radius 2 is 2.03 bits per heavy atom. The third-order valence-corrected chi connectivity index (χ3v) is 8.34. The number of hydrogen-bond donors (Lipinski definition) is 2. The zero-order chi connectivity index (χ0) is 25.2. The molecule has 3 aromatic rings. The van der Waals surface area contributed by atoms with Crippen molar-refractivity contribution in [3.63, 3.8) is 0 Å². The van der Waals surface area contributed by atoms with Crippen molar-refractivity contribution in [2.45, 2.75) is 41.9 Å². The molecule has 1 aliphatic rings. The normalized spacial score (nSPS) is 15.6. The van der Waals surface area contributed by atoms with Gasteiger partial charge in [0.25, 0.3) is 5.56 Å². The number of aryl methyl sites for hydroxylation is 1. The first-order chi connectivity index (χ1) is 16.6. The fourth-order valence-electron chi connectivity index (χ4n) is 4.16. The van der Waals surface area contributed by atoms with Crippen molar-refractivity contribution in [2.24, 2.45) is 5.92 Å². The lowest BCUT2D eigenvalue weighted by atomic mass is 9.84. The first kappa shape index (κ1) is 25.1. The van der Waals surface area contributed by atoms with Crippen molar-refractivity contribution >= 4 is 32.2 Å². The Morgan fingerprint density at radius 1 is 1.29 bits per heavy atom. The molecule has 4 rings (SSSR count). The highest BCUT2D eigenvalue weighted by Gasteiger charge is 2.35. The number of hydrogen-bond acceptors (Lipinski definition) is 7. The van der Waals surface area contributed by atoms with Crippen LogP contribution >= 0.6 is 11.3 Å². The predicted molar refractivity (Wildman–Crippen MR) is 125 cm³/mol. The van der Waals surface area contributed by atoms with Crippen LogP contribution in [0.2, 0.25) is 0 Å². The van der Waals surface area contributed by atoms with Crippen LogP contribution in [0.3, 0.4) is 0 Å². The van der Waals surface area contributed by atoms with Crippen LogP contribution in [0.4, 0.5) is 13.9 Å². The molecule has 1 aromatic carbocycles. The molecule has 186 valence electrons. The third-order valence-electron chi connectivity index (χ3n) is 5.85. The summed E-state index contributed by atoms with van der Waals surface area (Å²) in [6.45, 7) is 2.48. The number of carbonyl (C=O) groups is 1. The standard InChI is InChI=1S/C23H23F2N3O5S2/c1-13-9-18(35(31,32)16-4-2-3-15(24)11-16)20(22(30)27-13)17(10-14-5-7-33-8-6-14)21(29)28-23-26-12-19(25)34-23/h2-4,9,11-12,14,17H,5-8,10H2,1H3,(H,27,30)(H,26,28,29)/t17-/m0/s1. The molecule has 1 saturated heterocycles. The molecule has 3 heterocycles. The summed E-state index contributed by atoms with van der Waals surface area (Å²) in [5.41, 5.74) is -0.723. The Kier molecular flexibility index (Phi) is 7.43. The number of amides is 1. The average molecular weight is 524 g/mol. The average Bonchev–Trinajstić information content (AvgIpc) is 3.22. The van der Waals surface area contributed by atoms with E-state index in [1.54, 1.807) is 0 Å². The summed E-state index contributed by atoms with van der Waals surface area (Å²) in [5.74, 6) is -2.64. The van der Waals surface area contributed by atoms with Crippen molar-refractivity contribution in [3.05, 3.63) is 69.1 Å². The highest BCUT2D eigenvalue weighted by Crippen LogP contribution is 2.34. The van der Waals surface area contributed by atoms with E-state index in [1.165, 1.54) is 25.1 Å². The quantitative estimate of drug-likeness (QED) is 0.487. The van der Waals surface area contributed by atoms with Crippen LogP contribution in [0, 0.1) is 23.8 Å². The zero-order valence-corrected chi connectivity index (χ0v) is 20.3. The maximum absolute atomic E-state index is 13.9. The molecule has 0 spiro atoms. The minimum Gasteiger partial charge on any atom is -0.381 e. The number of benzene rings is 1. The van der Waals surface area contributed by atoms with Gasteiger partial charge in [-0.15, -0.1) is 0 Å². The topological polar surface area (TPSA) is 118 Å². The SMILES string of the molecule is Cc1cc(S(=O)(=O)c2cccc(F)c2)c([C@H](CC2CCOCC2)C(=O)Nc2ncc(F)s2)c(=O)[nH]1. The summed E-state index contributed by atoms with van der Waals surface area (Å²) < 4.78 is 59.8. The molecule has 1 fully saturated rings. The number of aromatic nitrogens is 2. The molecule has 12 heteroatoms. The molecule has 2 N–H and O–H groups in total. The Bertz CT molecular complexity index is 1400. The van der Waals surface area contributed by atoms with E-state index in [0.717, 1.165) is 18.3 Å². The van der Waals surface area contributed by atoms with E-state index in [0.29, 0.717) is 37.4 Å². The van der Waals surface area contributed by atoms with Crippen molar-refractivity contribution < 1.29 is 26.7 Å². The van der Waals surface area contributed by atoms with Crippen LogP contribution in [0.1, 0.15) is 36.4 Å². The number of halogens is 2. The Hall–Kier alpha value is -2.96. The summed E-state index contributed by atoms with van der Waals surface area (Å²) in [4.78, 5) is 32.2. The summed E-state index contributed by atoms with van der Waals surface area (Å²) in [7, 11) is -4.36. The van der Waals surface area contributed by atoms with Gasteiger partial charge in [0.2, 0.25) is 15.7 Å². The van der Waals surface area contributed by atoms with Crippen molar-refractivity contribution in [2.75, 3.05) is 18.5 Å². The maximum atomic E-state index is 13.9. The van der Waals surface area contributed by atoms with Gasteiger partial charge in [0.1, 0.15) is 5.82 Å². The molecule has 0 radical (unpaired) electrons. The second kappa shape index (κ2) is 10.3. The number of rotatable bonds is 7. The summed E-state index contributed by atoms with van der Waals surface area (Å²) in [5, 5.41) is 1.89. The number of anilines is 1. The van der Waals surface area contributed by atoms with Gasteiger partial charge in [-0.05, 0) is 56.4 Å². The lowest BCUT2D eigenvalue weighted by Gasteiger charge is -2.27. The van der Waals surface area contributed by atoms with Crippen LogP contribution in [-0.2, 0) is 19.4 Å². The lowest BCUT2D eigenvalue weighted by molar-refractivity contribution is -0.118. The fourth-order valence-corrected chi connectivity index (χ4v) is 6.34. The molecule has 0 unspecified atom stereocenters. The molecular weight excluding hydrogens is 500 g/mol. The number of thiazole rings is 1. The maximum Gasteiger partial charge on any atom is 0.253 e. The fraction of sp³-hybridized carbons (Fsp3) is 0.348. The zero-order valence-electron chi connectivity index (χ0n) is 18.7. The smallest absolute Gasteiger partial charge is 0.253 e. The van der Waals surface area contributed by atoms with Crippen LogP contribution in [0.5, 0.6) is 0 Å². The van der Waals surface area contributed by atoms with Crippen molar-refractivity contribution in [3.8, 4) is 0 Å². The highest BCUT2D eigenvalue weighted by molar-refractivity contribution is 7.91. The van der Waals surface area contributed by atoms with E-state index in [4.69, 9.17) is 4.74 Å². The van der Waals surface area contributed by atoms with Gasteiger partial charge in [-0.25, -0.2) is 17.8 Å². The van der Waals surface area contributed by atoms with Crippen LogP contribution < -0.4 is 10.9 Å². The number of aromatic amines is 1. The molecular formula is C23H23F2N3O5S2. The summed E-state index contributed by atoms with van der Waals surface area (Å²) in [6, 6.07) is 5.72. The molecule has 1 amide bonds. The second-order valence-corrected chi connectivity index (χ2v) is 11.2. The van der Waals surface area contributed by atoms with Gasteiger partial charge < -0.3 is 15.0 Å². The van der Waals surface area contributed by atoms with Crippen LogP contribution in [0.15, 0.2) is 51.1 Å². The van der Waals surface area contributed by atoms with E-state index >= 15 is 0 Å². The monoisotopic (exact) mass is 523 g/mol. The van der Waals surface area contributed by atoms with E-state index < -0.39 is 38.2 Å². The van der Waals surface area contributed by atoms with E-state index in [9.17, 15) is 26.8 Å². The Labute approximate surface area is 204 Å². The van der Waals surface area contributed by atoms with Gasteiger partial charge in [0.05, 0.1) is 21.9 Å². The molecule has 0 aliphatic carbocycles. The Morgan fingerprint density at radius 3 is 2.69 bits per heavy atom. The van der Waals surface area contributed by atoms with Gasteiger partial charge in [0.15, 0.2) is 10.3 Å². The van der Waals surface area contributed by atoms with Crippen molar-refractivity contribution in [1.29, 1.82) is 0 Å². The van der Waals surface area contributed by atoms with Gasteiger partial charge in [0, 0.05) is 24.5 Å².